The summed E-state index contributed by atoms with van der Waals surface area (Å²) in [6.07, 6.45) is -5.89. The molecule has 0 aliphatic carbocycles. The average molecular weight is 380 g/mol. The van der Waals surface area contributed by atoms with Crippen molar-refractivity contribution in [2.75, 3.05) is 36.4 Å². The van der Waals surface area contributed by atoms with Gasteiger partial charge >= 0.3 is 6.18 Å². The van der Waals surface area contributed by atoms with E-state index >= 15 is 0 Å². The molecule has 1 fully saturated rings. The van der Waals surface area contributed by atoms with Crippen molar-refractivity contribution in [3.8, 4) is 0 Å². The minimum atomic E-state index is -4.48. The largest absolute Gasteiger partial charge is 0.397 e. The van der Waals surface area contributed by atoms with Crippen molar-refractivity contribution in [3.63, 3.8) is 0 Å². The molecular weight excluding hydrogens is 361 g/mol. The molecule has 3 heterocycles. The minimum Gasteiger partial charge on any atom is -0.352 e. The molecule has 1 N–H and O–H groups in total. The number of nitrogens with one attached hydrogen (secondary N) is 1. The maximum Gasteiger partial charge on any atom is 0.397 e. The molecule has 0 aromatic carbocycles. The fraction of sp³-hybridized carbons (Fsp3) is 0.412. The van der Waals surface area contributed by atoms with E-state index in [0.29, 0.717) is 30.5 Å². The van der Waals surface area contributed by atoms with E-state index in [1.807, 2.05) is 30.0 Å². The number of hydrogen-bond donors (Lipinski definition) is 1. The van der Waals surface area contributed by atoms with Gasteiger partial charge in [-0.1, -0.05) is 6.07 Å². The van der Waals surface area contributed by atoms with E-state index in [-0.39, 0.29) is 13.1 Å². The highest BCUT2D eigenvalue weighted by molar-refractivity contribution is 5.77. The van der Waals surface area contributed by atoms with Crippen LogP contribution in [-0.4, -0.2) is 58.3 Å². The lowest BCUT2D eigenvalue weighted by Crippen LogP contribution is -2.49. The Kier molecular flexibility index (Phi) is 5.43. The Morgan fingerprint density at radius 2 is 1.81 bits per heavy atom. The number of rotatable bonds is 4. The van der Waals surface area contributed by atoms with Crippen molar-refractivity contribution >= 4 is 23.4 Å². The third-order valence-electron chi connectivity index (χ3n) is 4.10. The summed E-state index contributed by atoms with van der Waals surface area (Å²) in [6, 6.07) is 9.12. The number of anilines is 3. The number of carbonyl (C=O) groups excluding carboxylic acids is 1. The molecule has 1 saturated heterocycles. The monoisotopic (exact) mass is 380 g/mol. The van der Waals surface area contributed by atoms with Gasteiger partial charge in [-0.05, 0) is 31.2 Å². The lowest BCUT2D eigenvalue weighted by atomic mass is 10.2. The van der Waals surface area contributed by atoms with Crippen LogP contribution in [0, 0.1) is 6.92 Å². The van der Waals surface area contributed by atoms with E-state index in [1.165, 1.54) is 4.90 Å². The first-order valence-electron chi connectivity index (χ1n) is 8.44. The minimum absolute atomic E-state index is 0.226. The molecule has 10 heteroatoms. The number of halogens is 3. The Balaban J connectivity index is 1.55. The highest BCUT2D eigenvalue weighted by atomic mass is 19.4. The van der Waals surface area contributed by atoms with Crippen molar-refractivity contribution in [3.05, 3.63) is 36.0 Å². The Bertz CT molecular complexity index is 788. The number of carbonyl (C=O) groups is 1. The number of aromatic nitrogens is 3. The summed E-state index contributed by atoms with van der Waals surface area (Å²) in [5, 5.41) is 11.3. The van der Waals surface area contributed by atoms with Crippen molar-refractivity contribution < 1.29 is 18.0 Å². The quantitative estimate of drug-likeness (QED) is 0.879. The number of hydrogen-bond acceptors (Lipinski definition) is 6. The second kappa shape index (κ2) is 7.77. The summed E-state index contributed by atoms with van der Waals surface area (Å²) in [6.45, 7) is 3.15. The van der Waals surface area contributed by atoms with Crippen molar-refractivity contribution in [2.24, 2.45) is 0 Å². The van der Waals surface area contributed by atoms with Gasteiger partial charge in [0.1, 0.15) is 12.2 Å². The Labute approximate surface area is 154 Å². The molecule has 1 aliphatic rings. The van der Waals surface area contributed by atoms with Crippen LogP contribution in [0.2, 0.25) is 0 Å². The molecule has 7 nitrogen and oxygen atoms in total. The van der Waals surface area contributed by atoms with E-state index in [9.17, 15) is 18.0 Å². The second-order valence-corrected chi connectivity index (χ2v) is 6.23. The lowest BCUT2D eigenvalue weighted by Gasteiger charge is -2.35. The molecule has 0 spiro atoms. The average Bonchev–Trinajstić information content (AvgIpc) is 2.61. The molecule has 0 bridgehead atoms. The molecule has 144 valence electrons. The first-order valence-corrected chi connectivity index (χ1v) is 8.44. The predicted molar refractivity (Wildman–Crippen MR) is 93.8 cm³/mol. The Hall–Kier alpha value is -2.91. The standard InChI is InChI=1S/C17H19F3N6O/c1-12-3-2-4-13(21-12)22-14-5-6-15(24-23-14)25-7-9-26(10-8-25)16(27)11-17(18,19)20/h2-6H,7-11H2,1H3,(H,21,22,23). The zero-order valence-electron chi connectivity index (χ0n) is 14.7. The lowest BCUT2D eigenvalue weighted by molar-refractivity contribution is -0.161. The van der Waals surface area contributed by atoms with Crippen LogP contribution in [0.25, 0.3) is 0 Å². The predicted octanol–water partition coefficient (Wildman–Crippen LogP) is 2.52. The van der Waals surface area contributed by atoms with Crippen LogP contribution in [0.3, 0.4) is 0 Å². The summed E-state index contributed by atoms with van der Waals surface area (Å²) < 4.78 is 37.0. The topological polar surface area (TPSA) is 74.2 Å². The molecule has 27 heavy (non-hydrogen) atoms. The molecule has 0 atom stereocenters. The fourth-order valence-electron chi connectivity index (χ4n) is 2.77. The van der Waals surface area contributed by atoms with Gasteiger partial charge in [-0.15, -0.1) is 10.2 Å². The van der Waals surface area contributed by atoms with Gasteiger partial charge in [0.2, 0.25) is 5.91 Å². The van der Waals surface area contributed by atoms with Crippen LogP contribution < -0.4 is 10.2 Å². The summed E-state index contributed by atoms with van der Waals surface area (Å²) in [4.78, 5) is 19.1. The number of alkyl halides is 3. The number of amides is 1. The molecule has 0 radical (unpaired) electrons. The van der Waals surface area contributed by atoms with Gasteiger partial charge < -0.3 is 15.1 Å². The van der Waals surface area contributed by atoms with Gasteiger partial charge in [-0.25, -0.2) is 4.98 Å². The Morgan fingerprint density at radius 1 is 1.07 bits per heavy atom. The van der Waals surface area contributed by atoms with E-state index in [4.69, 9.17) is 0 Å². The van der Waals surface area contributed by atoms with E-state index in [1.54, 1.807) is 12.1 Å². The van der Waals surface area contributed by atoms with Crippen LogP contribution in [0.4, 0.5) is 30.6 Å². The van der Waals surface area contributed by atoms with Crippen molar-refractivity contribution in [1.82, 2.24) is 20.1 Å². The summed E-state index contributed by atoms with van der Waals surface area (Å²) in [5.74, 6) is 0.920. The molecule has 3 rings (SSSR count). The fourth-order valence-corrected chi connectivity index (χ4v) is 2.77. The first kappa shape index (κ1) is 18.9. The number of piperazine rings is 1. The molecule has 2 aromatic heterocycles. The van der Waals surface area contributed by atoms with Crippen LogP contribution >= 0.6 is 0 Å². The second-order valence-electron chi connectivity index (χ2n) is 6.23. The van der Waals surface area contributed by atoms with Crippen molar-refractivity contribution in [2.45, 2.75) is 19.5 Å². The smallest absolute Gasteiger partial charge is 0.352 e. The third kappa shape index (κ3) is 5.28. The number of aryl methyl sites for hydroxylation is 1. The van der Waals surface area contributed by atoms with E-state index in [2.05, 4.69) is 20.5 Å². The van der Waals surface area contributed by atoms with Gasteiger partial charge in [0.25, 0.3) is 0 Å². The molecule has 0 saturated carbocycles. The van der Waals surface area contributed by atoms with Gasteiger partial charge in [-0.3, -0.25) is 4.79 Å². The highest BCUT2D eigenvalue weighted by Gasteiger charge is 2.34. The summed E-state index contributed by atoms with van der Waals surface area (Å²) in [7, 11) is 0. The molecular formula is C17H19F3N6O. The van der Waals surface area contributed by atoms with Gasteiger partial charge in [0, 0.05) is 31.9 Å². The van der Waals surface area contributed by atoms with E-state index < -0.39 is 18.5 Å². The first-order chi connectivity index (χ1) is 12.8. The number of pyridine rings is 1. The number of nitrogens with zero attached hydrogens (tertiary/aromatic N) is 5. The van der Waals surface area contributed by atoms with Gasteiger partial charge in [0.05, 0.1) is 0 Å². The zero-order valence-corrected chi connectivity index (χ0v) is 14.7. The van der Waals surface area contributed by atoms with Crippen LogP contribution in [-0.2, 0) is 4.79 Å². The normalized spacial score (nSPS) is 15.0. The maximum absolute atomic E-state index is 12.3. The molecule has 0 unspecified atom stereocenters. The SMILES string of the molecule is Cc1cccc(Nc2ccc(N3CCN(C(=O)CC(F)(F)F)CC3)nn2)n1. The van der Waals surface area contributed by atoms with Crippen LogP contribution in [0.5, 0.6) is 0 Å². The highest BCUT2D eigenvalue weighted by Crippen LogP contribution is 2.22. The third-order valence-corrected chi connectivity index (χ3v) is 4.10. The van der Waals surface area contributed by atoms with E-state index in [0.717, 1.165) is 5.69 Å². The van der Waals surface area contributed by atoms with Crippen molar-refractivity contribution in [1.29, 1.82) is 0 Å². The molecule has 1 aliphatic heterocycles. The summed E-state index contributed by atoms with van der Waals surface area (Å²) in [5.41, 5.74) is 0.877. The molecule has 2 aromatic rings. The van der Waals surface area contributed by atoms with Gasteiger partial charge in [-0.2, -0.15) is 13.2 Å². The van der Waals surface area contributed by atoms with Crippen LogP contribution in [0.1, 0.15) is 12.1 Å². The molecule has 1 amide bonds. The van der Waals surface area contributed by atoms with Crippen LogP contribution in [0.15, 0.2) is 30.3 Å². The Morgan fingerprint density at radius 3 is 2.41 bits per heavy atom. The maximum atomic E-state index is 12.3. The van der Waals surface area contributed by atoms with Gasteiger partial charge in [0.15, 0.2) is 11.6 Å². The summed E-state index contributed by atoms with van der Waals surface area (Å²) >= 11 is 0. The zero-order chi connectivity index (χ0) is 19.4.